The summed E-state index contributed by atoms with van der Waals surface area (Å²) in [5.74, 6) is 1.25. The summed E-state index contributed by atoms with van der Waals surface area (Å²) in [7, 11) is 0. The van der Waals surface area contributed by atoms with Crippen molar-refractivity contribution < 1.29 is 4.42 Å². The molecule has 4 heterocycles. The van der Waals surface area contributed by atoms with Gasteiger partial charge in [-0.3, -0.25) is 4.90 Å². The lowest BCUT2D eigenvalue weighted by atomic mass is 9.98. The van der Waals surface area contributed by atoms with E-state index < -0.39 is 0 Å². The number of hydrogen-bond acceptors (Lipinski definition) is 6. The van der Waals surface area contributed by atoms with Crippen molar-refractivity contribution in [3.63, 3.8) is 0 Å². The molecule has 3 aromatic heterocycles. The molecule has 1 aliphatic rings. The molecule has 26 heavy (non-hydrogen) atoms. The van der Waals surface area contributed by atoms with Crippen molar-refractivity contribution in [3.05, 3.63) is 58.7 Å². The summed E-state index contributed by atoms with van der Waals surface area (Å²) in [4.78, 5) is 13.1. The number of fused-ring (bicyclic) bond motifs is 1. The number of benzene rings is 1. The van der Waals surface area contributed by atoms with Crippen molar-refractivity contribution in [2.24, 2.45) is 0 Å². The van der Waals surface area contributed by atoms with Gasteiger partial charge in [0.2, 0.25) is 5.89 Å². The lowest BCUT2D eigenvalue weighted by Crippen LogP contribution is -2.33. The fourth-order valence-corrected chi connectivity index (χ4v) is 5.34. The van der Waals surface area contributed by atoms with Crippen LogP contribution in [0.5, 0.6) is 0 Å². The highest BCUT2D eigenvalue weighted by Crippen LogP contribution is 2.33. The normalized spacial score (nSPS) is 18.5. The Morgan fingerprint density at radius 1 is 1.15 bits per heavy atom. The molecule has 5 rings (SSSR count). The molecule has 1 aliphatic heterocycles. The number of oxazole rings is 1. The number of piperidine rings is 1. The molecular weight excluding hydrogens is 362 g/mol. The van der Waals surface area contributed by atoms with Crippen LogP contribution in [0.15, 0.2) is 52.5 Å². The summed E-state index contributed by atoms with van der Waals surface area (Å²) in [6, 6.07) is 12.5. The molecule has 4 aromatic rings. The first-order valence-electron chi connectivity index (χ1n) is 8.91. The number of likely N-dealkylation sites (tertiary alicyclic amines) is 1. The van der Waals surface area contributed by atoms with E-state index in [-0.39, 0.29) is 0 Å². The van der Waals surface area contributed by atoms with Crippen molar-refractivity contribution >= 4 is 32.9 Å². The SMILES string of the molecule is c1csc(-c2nc(CN3CCC[C@H](c4nc5ccccc5s4)C3)co2)c1. The summed E-state index contributed by atoms with van der Waals surface area (Å²) < 4.78 is 6.95. The number of aromatic nitrogens is 2. The fraction of sp³-hybridized carbons (Fsp3) is 0.300. The number of thiazole rings is 1. The maximum atomic E-state index is 5.66. The quantitative estimate of drug-likeness (QED) is 0.475. The van der Waals surface area contributed by atoms with Crippen LogP contribution in [-0.4, -0.2) is 28.0 Å². The number of para-hydroxylation sites is 1. The van der Waals surface area contributed by atoms with Crippen LogP contribution in [0.2, 0.25) is 0 Å². The third kappa shape index (κ3) is 3.20. The van der Waals surface area contributed by atoms with Gasteiger partial charge in [-0.1, -0.05) is 18.2 Å². The van der Waals surface area contributed by atoms with E-state index in [0.29, 0.717) is 5.92 Å². The minimum Gasteiger partial charge on any atom is -0.444 e. The van der Waals surface area contributed by atoms with Gasteiger partial charge in [0, 0.05) is 19.0 Å². The predicted molar refractivity (Wildman–Crippen MR) is 107 cm³/mol. The monoisotopic (exact) mass is 381 g/mol. The molecule has 132 valence electrons. The topological polar surface area (TPSA) is 42.2 Å². The first kappa shape index (κ1) is 16.2. The Kier molecular flexibility index (Phi) is 4.32. The highest BCUT2D eigenvalue weighted by molar-refractivity contribution is 7.18. The largest absolute Gasteiger partial charge is 0.444 e. The molecule has 0 saturated carbocycles. The van der Waals surface area contributed by atoms with Crippen LogP contribution in [0.4, 0.5) is 0 Å². The second-order valence-corrected chi connectivity index (χ2v) is 8.73. The first-order valence-corrected chi connectivity index (χ1v) is 10.6. The van der Waals surface area contributed by atoms with Gasteiger partial charge in [-0.05, 0) is 43.0 Å². The van der Waals surface area contributed by atoms with Gasteiger partial charge in [0.1, 0.15) is 6.26 Å². The molecule has 1 fully saturated rings. The third-order valence-corrected chi connectivity index (χ3v) is 6.89. The summed E-state index contributed by atoms with van der Waals surface area (Å²) >= 11 is 3.50. The lowest BCUT2D eigenvalue weighted by molar-refractivity contribution is 0.198. The van der Waals surface area contributed by atoms with Crippen LogP contribution < -0.4 is 0 Å². The maximum absolute atomic E-state index is 5.66. The molecule has 0 amide bonds. The molecule has 0 radical (unpaired) electrons. The van der Waals surface area contributed by atoms with Crippen LogP contribution >= 0.6 is 22.7 Å². The smallest absolute Gasteiger partial charge is 0.236 e. The highest BCUT2D eigenvalue weighted by atomic mass is 32.1. The second kappa shape index (κ2) is 6.95. The third-order valence-electron chi connectivity index (χ3n) is 4.83. The molecule has 0 unspecified atom stereocenters. The average molecular weight is 382 g/mol. The molecule has 0 aliphatic carbocycles. The number of hydrogen-bond donors (Lipinski definition) is 0. The van der Waals surface area contributed by atoms with E-state index in [1.54, 1.807) is 17.6 Å². The standard InChI is InChI=1S/C20H19N3OS2/c1-2-7-17-16(6-1)22-20(26-17)14-5-3-9-23(11-14)12-15-13-24-19(21-15)18-8-4-10-25-18/h1-2,4,6-8,10,13-14H,3,5,9,11-12H2/t14-/m0/s1. The summed E-state index contributed by atoms with van der Waals surface area (Å²) in [6.45, 7) is 3.00. The van der Waals surface area contributed by atoms with E-state index in [0.717, 1.165) is 41.6 Å². The van der Waals surface area contributed by atoms with Gasteiger partial charge in [-0.15, -0.1) is 22.7 Å². The zero-order chi connectivity index (χ0) is 17.3. The van der Waals surface area contributed by atoms with Gasteiger partial charge in [-0.2, -0.15) is 0 Å². The van der Waals surface area contributed by atoms with E-state index in [1.807, 2.05) is 28.8 Å². The Balaban J connectivity index is 1.30. The molecule has 6 heteroatoms. The van der Waals surface area contributed by atoms with E-state index in [4.69, 9.17) is 9.40 Å². The summed E-state index contributed by atoms with van der Waals surface area (Å²) in [5, 5.41) is 3.32. The molecule has 1 aromatic carbocycles. The summed E-state index contributed by atoms with van der Waals surface area (Å²) in [6.07, 6.45) is 4.22. The van der Waals surface area contributed by atoms with E-state index in [1.165, 1.54) is 22.5 Å². The van der Waals surface area contributed by atoms with Crippen LogP contribution in [0.1, 0.15) is 29.5 Å². The molecule has 0 spiro atoms. The van der Waals surface area contributed by atoms with Gasteiger partial charge >= 0.3 is 0 Å². The Morgan fingerprint density at radius 3 is 3.00 bits per heavy atom. The van der Waals surface area contributed by atoms with Crippen molar-refractivity contribution in [2.75, 3.05) is 13.1 Å². The first-order chi connectivity index (χ1) is 12.8. The second-order valence-electron chi connectivity index (χ2n) is 6.72. The number of rotatable bonds is 4. The number of thiophene rings is 1. The van der Waals surface area contributed by atoms with Crippen molar-refractivity contribution in [3.8, 4) is 10.8 Å². The lowest BCUT2D eigenvalue weighted by Gasteiger charge is -2.31. The zero-order valence-electron chi connectivity index (χ0n) is 14.3. The van der Waals surface area contributed by atoms with Crippen LogP contribution in [0.3, 0.4) is 0 Å². The Bertz CT molecular complexity index is 972. The van der Waals surface area contributed by atoms with Gasteiger partial charge in [0.05, 0.1) is 25.8 Å². The Morgan fingerprint density at radius 2 is 2.12 bits per heavy atom. The van der Waals surface area contributed by atoms with Crippen LogP contribution in [0.25, 0.3) is 21.0 Å². The molecule has 0 N–H and O–H groups in total. The van der Waals surface area contributed by atoms with Crippen LogP contribution in [0, 0.1) is 0 Å². The maximum Gasteiger partial charge on any atom is 0.236 e. The fourth-order valence-electron chi connectivity index (χ4n) is 3.59. The van der Waals surface area contributed by atoms with Crippen molar-refractivity contribution in [1.82, 2.24) is 14.9 Å². The van der Waals surface area contributed by atoms with Gasteiger partial charge < -0.3 is 4.42 Å². The van der Waals surface area contributed by atoms with E-state index >= 15 is 0 Å². The van der Waals surface area contributed by atoms with Gasteiger partial charge in [0.15, 0.2) is 0 Å². The van der Waals surface area contributed by atoms with Crippen molar-refractivity contribution in [2.45, 2.75) is 25.3 Å². The van der Waals surface area contributed by atoms with E-state index in [9.17, 15) is 0 Å². The Labute approximate surface area is 160 Å². The minimum absolute atomic E-state index is 0.518. The Hall–Kier alpha value is -2.02. The predicted octanol–water partition coefficient (Wildman–Crippen LogP) is 5.39. The molecule has 4 nitrogen and oxygen atoms in total. The number of nitrogens with zero attached hydrogens (tertiary/aromatic N) is 3. The highest BCUT2D eigenvalue weighted by Gasteiger charge is 2.24. The van der Waals surface area contributed by atoms with Gasteiger partial charge in [0.25, 0.3) is 0 Å². The molecule has 1 saturated heterocycles. The van der Waals surface area contributed by atoms with E-state index in [2.05, 4.69) is 34.1 Å². The minimum atomic E-state index is 0.518. The summed E-state index contributed by atoms with van der Waals surface area (Å²) in [5.41, 5.74) is 2.14. The average Bonchev–Trinajstić information content (AvgIpc) is 3.41. The zero-order valence-corrected chi connectivity index (χ0v) is 15.9. The van der Waals surface area contributed by atoms with Gasteiger partial charge in [-0.25, -0.2) is 9.97 Å². The van der Waals surface area contributed by atoms with Crippen molar-refractivity contribution in [1.29, 1.82) is 0 Å². The molecule has 1 atom stereocenters. The van der Waals surface area contributed by atoms with Crippen LogP contribution in [-0.2, 0) is 6.54 Å². The molecule has 0 bridgehead atoms. The molecular formula is C20H19N3OS2.